The molecule has 1 spiro atoms. The maximum Gasteiger partial charge on any atom is 0.225 e. The van der Waals surface area contributed by atoms with Crippen molar-refractivity contribution in [1.82, 2.24) is 9.80 Å². The molecule has 2 saturated heterocycles. The zero-order chi connectivity index (χ0) is 14.9. The lowest BCUT2D eigenvalue weighted by atomic mass is 9.72. The Bertz CT molecular complexity index is 365. The first-order valence-electron chi connectivity index (χ1n) is 9.12. The largest absolute Gasteiger partial charge is 0.342 e. The van der Waals surface area contributed by atoms with Crippen molar-refractivity contribution < 1.29 is 4.79 Å². The molecular formula is C18H32N2O. The average molecular weight is 292 g/mol. The topological polar surface area (TPSA) is 23.6 Å². The molecule has 3 fully saturated rings. The lowest BCUT2D eigenvalue weighted by Crippen LogP contribution is -2.52. The molecule has 1 saturated carbocycles. The first kappa shape index (κ1) is 15.3. The van der Waals surface area contributed by atoms with E-state index in [-0.39, 0.29) is 0 Å². The van der Waals surface area contributed by atoms with Gasteiger partial charge in [-0.3, -0.25) is 4.79 Å². The number of likely N-dealkylation sites (tertiary alicyclic amines) is 2. The molecule has 0 radical (unpaired) electrons. The minimum atomic E-state index is 0.357. The highest BCUT2D eigenvalue weighted by Crippen LogP contribution is 2.41. The van der Waals surface area contributed by atoms with Gasteiger partial charge < -0.3 is 9.80 Å². The van der Waals surface area contributed by atoms with E-state index in [1.54, 1.807) is 0 Å². The van der Waals surface area contributed by atoms with Crippen molar-refractivity contribution in [2.24, 2.45) is 11.3 Å². The van der Waals surface area contributed by atoms with Gasteiger partial charge in [-0.1, -0.05) is 12.8 Å². The second-order valence-electron chi connectivity index (χ2n) is 7.97. The molecule has 3 nitrogen and oxygen atoms in total. The van der Waals surface area contributed by atoms with Crippen LogP contribution in [0.15, 0.2) is 0 Å². The summed E-state index contributed by atoms with van der Waals surface area (Å²) in [6.07, 6.45) is 9.96. The maximum atomic E-state index is 12.7. The smallest absolute Gasteiger partial charge is 0.225 e. The highest BCUT2D eigenvalue weighted by molar-refractivity contribution is 5.79. The van der Waals surface area contributed by atoms with Crippen LogP contribution in [0.3, 0.4) is 0 Å². The van der Waals surface area contributed by atoms with Crippen LogP contribution < -0.4 is 0 Å². The fourth-order valence-electron chi connectivity index (χ4n) is 4.75. The van der Waals surface area contributed by atoms with Gasteiger partial charge in [-0.2, -0.15) is 0 Å². The third-order valence-electron chi connectivity index (χ3n) is 6.27. The summed E-state index contributed by atoms with van der Waals surface area (Å²) in [4.78, 5) is 17.6. The van der Waals surface area contributed by atoms with Gasteiger partial charge in [0, 0.05) is 25.0 Å². The van der Waals surface area contributed by atoms with Crippen LogP contribution in [0.25, 0.3) is 0 Å². The van der Waals surface area contributed by atoms with Crippen molar-refractivity contribution in [1.29, 1.82) is 0 Å². The Kier molecular flexibility index (Phi) is 4.58. The Morgan fingerprint density at radius 3 is 2.29 bits per heavy atom. The molecule has 2 heterocycles. The predicted molar refractivity (Wildman–Crippen MR) is 86.1 cm³/mol. The highest BCUT2D eigenvalue weighted by atomic mass is 16.2. The predicted octanol–water partition coefficient (Wildman–Crippen LogP) is 3.29. The van der Waals surface area contributed by atoms with E-state index in [9.17, 15) is 4.79 Å². The molecule has 2 aliphatic heterocycles. The lowest BCUT2D eigenvalue weighted by molar-refractivity contribution is -0.140. The number of hydrogen-bond donors (Lipinski definition) is 0. The van der Waals surface area contributed by atoms with Gasteiger partial charge >= 0.3 is 0 Å². The Morgan fingerprint density at radius 1 is 1.00 bits per heavy atom. The van der Waals surface area contributed by atoms with Crippen LogP contribution in [-0.2, 0) is 4.79 Å². The van der Waals surface area contributed by atoms with Gasteiger partial charge in [0.1, 0.15) is 0 Å². The standard InChI is InChI=1S/C18H32N2O/c1-15(2)19-12-9-18(10-13-19)8-5-11-20(14-18)17(21)16-6-3-4-7-16/h15-16H,3-14H2,1-2H3. The normalized spacial score (nSPS) is 27.7. The van der Waals surface area contributed by atoms with Crippen molar-refractivity contribution in [3.8, 4) is 0 Å². The highest BCUT2D eigenvalue weighted by Gasteiger charge is 2.41. The van der Waals surface area contributed by atoms with Gasteiger partial charge in [-0.15, -0.1) is 0 Å². The molecule has 3 heteroatoms. The molecule has 3 aliphatic rings. The molecule has 0 unspecified atom stereocenters. The van der Waals surface area contributed by atoms with Crippen LogP contribution in [0, 0.1) is 11.3 Å². The van der Waals surface area contributed by atoms with Crippen molar-refractivity contribution in [2.75, 3.05) is 26.2 Å². The van der Waals surface area contributed by atoms with Gasteiger partial charge in [-0.05, 0) is 70.9 Å². The van der Waals surface area contributed by atoms with Crippen molar-refractivity contribution in [3.63, 3.8) is 0 Å². The molecule has 21 heavy (non-hydrogen) atoms. The van der Waals surface area contributed by atoms with E-state index in [1.165, 1.54) is 51.6 Å². The molecule has 0 aromatic rings. The van der Waals surface area contributed by atoms with Crippen molar-refractivity contribution in [3.05, 3.63) is 0 Å². The van der Waals surface area contributed by atoms with E-state index in [0.29, 0.717) is 23.3 Å². The SMILES string of the molecule is CC(C)N1CCC2(CCCN(C(=O)C3CCCC3)C2)CC1. The Hall–Kier alpha value is -0.570. The third kappa shape index (κ3) is 3.28. The molecule has 0 aromatic carbocycles. The molecule has 0 bridgehead atoms. The summed E-state index contributed by atoms with van der Waals surface area (Å²) in [5, 5.41) is 0. The van der Waals surface area contributed by atoms with E-state index < -0.39 is 0 Å². The zero-order valence-corrected chi connectivity index (χ0v) is 13.9. The monoisotopic (exact) mass is 292 g/mol. The summed E-state index contributed by atoms with van der Waals surface area (Å²) in [6, 6.07) is 0.669. The van der Waals surface area contributed by atoms with Gasteiger partial charge in [-0.25, -0.2) is 0 Å². The molecule has 0 N–H and O–H groups in total. The molecule has 0 aromatic heterocycles. The Balaban J connectivity index is 1.59. The van der Waals surface area contributed by atoms with Gasteiger partial charge in [0.25, 0.3) is 0 Å². The van der Waals surface area contributed by atoms with E-state index in [2.05, 4.69) is 23.6 Å². The second kappa shape index (κ2) is 6.28. The number of carbonyl (C=O) groups excluding carboxylic acids is 1. The summed E-state index contributed by atoms with van der Waals surface area (Å²) < 4.78 is 0. The minimum Gasteiger partial charge on any atom is -0.342 e. The summed E-state index contributed by atoms with van der Waals surface area (Å²) in [7, 11) is 0. The van der Waals surface area contributed by atoms with E-state index in [4.69, 9.17) is 0 Å². The van der Waals surface area contributed by atoms with Crippen molar-refractivity contribution in [2.45, 2.75) is 71.3 Å². The second-order valence-corrected chi connectivity index (χ2v) is 7.97. The van der Waals surface area contributed by atoms with Gasteiger partial charge in [0.05, 0.1) is 0 Å². The summed E-state index contributed by atoms with van der Waals surface area (Å²) in [6.45, 7) is 9.12. The minimum absolute atomic E-state index is 0.357. The van der Waals surface area contributed by atoms with Crippen LogP contribution in [0.1, 0.15) is 65.2 Å². The molecule has 1 amide bonds. The maximum absolute atomic E-state index is 12.7. The van der Waals surface area contributed by atoms with Gasteiger partial charge in [0.15, 0.2) is 0 Å². The molecular weight excluding hydrogens is 260 g/mol. The first-order valence-corrected chi connectivity index (χ1v) is 9.12. The van der Waals surface area contributed by atoms with Crippen molar-refractivity contribution >= 4 is 5.91 Å². The number of nitrogens with zero attached hydrogens (tertiary/aromatic N) is 2. The number of hydrogen-bond acceptors (Lipinski definition) is 2. The zero-order valence-electron chi connectivity index (χ0n) is 13.9. The van der Waals surface area contributed by atoms with E-state index >= 15 is 0 Å². The van der Waals surface area contributed by atoms with E-state index in [0.717, 1.165) is 25.9 Å². The van der Waals surface area contributed by atoms with Crippen LogP contribution in [-0.4, -0.2) is 47.9 Å². The number of rotatable bonds is 2. The van der Waals surface area contributed by atoms with E-state index in [1.807, 2.05) is 0 Å². The van der Waals surface area contributed by atoms with Crippen LogP contribution in [0.5, 0.6) is 0 Å². The van der Waals surface area contributed by atoms with Gasteiger partial charge in [0.2, 0.25) is 5.91 Å². The summed E-state index contributed by atoms with van der Waals surface area (Å²) in [5.74, 6) is 0.841. The lowest BCUT2D eigenvalue weighted by Gasteiger charge is -2.49. The fraction of sp³-hybridized carbons (Fsp3) is 0.944. The number of carbonyl (C=O) groups is 1. The number of piperidine rings is 2. The van der Waals surface area contributed by atoms with Crippen LogP contribution in [0.4, 0.5) is 0 Å². The molecule has 3 rings (SSSR count). The fourth-order valence-corrected chi connectivity index (χ4v) is 4.75. The summed E-state index contributed by atoms with van der Waals surface area (Å²) in [5.41, 5.74) is 0.442. The third-order valence-corrected chi connectivity index (χ3v) is 6.27. The summed E-state index contributed by atoms with van der Waals surface area (Å²) >= 11 is 0. The molecule has 120 valence electrons. The Morgan fingerprint density at radius 2 is 1.67 bits per heavy atom. The quantitative estimate of drug-likeness (QED) is 0.780. The number of amides is 1. The van der Waals surface area contributed by atoms with Crippen LogP contribution in [0.2, 0.25) is 0 Å². The molecule has 0 atom stereocenters. The average Bonchev–Trinajstić information content (AvgIpc) is 3.01. The Labute approximate surface area is 130 Å². The first-order chi connectivity index (χ1) is 10.1. The van der Waals surface area contributed by atoms with Crippen LogP contribution >= 0.6 is 0 Å². The molecule has 1 aliphatic carbocycles.